The van der Waals surface area contributed by atoms with Crippen LogP contribution in [-0.2, 0) is 4.74 Å². The number of hydrogen-bond acceptors (Lipinski definition) is 2. The third kappa shape index (κ3) is 8.26. The molecule has 0 aromatic carbocycles. The number of methoxy groups -OCH3 is 1. The molecule has 0 bridgehead atoms. The molecule has 0 spiro atoms. The molecule has 0 heterocycles. The van der Waals surface area contributed by atoms with Crippen molar-refractivity contribution in [3.63, 3.8) is 0 Å². The fourth-order valence-electron chi connectivity index (χ4n) is 1.22. The summed E-state index contributed by atoms with van der Waals surface area (Å²) in [6.07, 6.45) is 3.99. The first-order valence-corrected chi connectivity index (χ1v) is 5.27. The molecule has 2 heteroatoms. The van der Waals surface area contributed by atoms with E-state index in [2.05, 4.69) is 13.8 Å². The SMILES string of the molecule is COC(C)CCC(O)CCC(C)C. The number of ether oxygens (including phenoxy) is 1. The number of rotatable bonds is 7. The molecule has 0 fully saturated rings. The fourth-order valence-corrected chi connectivity index (χ4v) is 1.22. The first-order valence-electron chi connectivity index (χ1n) is 5.27. The quantitative estimate of drug-likeness (QED) is 0.665. The standard InChI is InChI=1S/C11H24O2/c1-9(2)5-7-11(12)8-6-10(3)13-4/h9-12H,5-8H2,1-4H3. The van der Waals surface area contributed by atoms with Gasteiger partial charge in [0.2, 0.25) is 0 Å². The van der Waals surface area contributed by atoms with Gasteiger partial charge in [-0.15, -0.1) is 0 Å². The van der Waals surface area contributed by atoms with E-state index < -0.39 is 0 Å². The van der Waals surface area contributed by atoms with Gasteiger partial charge in [-0.3, -0.25) is 0 Å². The lowest BCUT2D eigenvalue weighted by Crippen LogP contribution is -2.13. The van der Waals surface area contributed by atoms with Crippen LogP contribution in [0.3, 0.4) is 0 Å². The van der Waals surface area contributed by atoms with E-state index in [4.69, 9.17) is 4.74 Å². The Kier molecular flexibility index (Phi) is 7.29. The highest BCUT2D eigenvalue weighted by Gasteiger charge is 2.07. The predicted octanol–water partition coefficient (Wildman–Crippen LogP) is 2.60. The van der Waals surface area contributed by atoms with E-state index in [1.54, 1.807) is 7.11 Å². The van der Waals surface area contributed by atoms with Gasteiger partial charge in [0.1, 0.15) is 0 Å². The third-order valence-corrected chi connectivity index (χ3v) is 2.39. The summed E-state index contributed by atoms with van der Waals surface area (Å²) in [7, 11) is 1.71. The van der Waals surface area contributed by atoms with E-state index in [-0.39, 0.29) is 12.2 Å². The van der Waals surface area contributed by atoms with Crippen LogP contribution in [0.2, 0.25) is 0 Å². The largest absolute Gasteiger partial charge is 0.393 e. The summed E-state index contributed by atoms with van der Waals surface area (Å²) in [6.45, 7) is 6.41. The maximum Gasteiger partial charge on any atom is 0.0544 e. The normalized spacial score (nSPS) is 16.2. The Hall–Kier alpha value is -0.0800. The Morgan fingerprint density at radius 1 is 1.00 bits per heavy atom. The molecule has 1 N–H and O–H groups in total. The van der Waals surface area contributed by atoms with Gasteiger partial charge in [0.15, 0.2) is 0 Å². The first kappa shape index (κ1) is 12.9. The van der Waals surface area contributed by atoms with Crippen LogP contribution in [0.5, 0.6) is 0 Å². The topological polar surface area (TPSA) is 29.5 Å². The van der Waals surface area contributed by atoms with Crippen LogP contribution < -0.4 is 0 Å². The zero-order valence-electron chi connectivity index (χ0n) is 9.42. The van der Waals surface area contributed by atoms with E-state index in [0.717, 1.165) is 25.7 Å². The van der Waals surface area contributed by atoms with Crippen molar-refractivity contribution in [3.05, 3.63) is 0 Å². The second kappa shape index (κ2) is 7.34. The summed E-state index contributed by atoms with van der Waals surface area (Å²) in [6, 6.07) is 0. The molecule has 0 aliphatic carbocycles. The van der Waals surface area contributed by atoms with Gasteiger partial charge in [-0.1, -0.05) is 13.8 Å². The minimum absolute atomic E-state index is 0.139. The van der Waals surface area contributed by atoms with Gasteiger partial charge in [-0.2, -0.15) is 0 Å². The molecular formula is C11H24O2. The highest BCUT2D eigenvalue weighted by molar-refractivity contribution is 4.60. The molecule has 0 rings (SSSR count). The van der Waals surface area contributed by atoms with Gasteiger partial charge in [0, 0.05) is 7.11 Å². The van der Waals surface area contributed by atoms with E-state index in [9.17, 15) is 5.11 Å². The van der Waals surface area contributed by atoms with Crippen molar-refractivity contribution in [2.45, 2.75) is 58.7 Å². The van der Waals surface area contributed by atoms with Crippen molar-refractivity contribution in [3.8, 4) is 0 Å². The van der Waals surface area contributed by atoms with Gasteiger partial charge in [-0.25, -0.2) is 0 Å². The number of aliphatic hydroxyl groups is 1. The summed E-state index contributed by atoms with van der Waals surface area (Å²) in [5, 5.41) is 9.59. The van der Waals surface area contributed by atoms with Gasteiger partial charge in [-0.05, 0) is 38.5 Å². The molecule has 0 amide bonds. The monoisotopic (exact) mass is 188 g/mol. The molecule has 2 nitrogen and oxygen atoms in total. The molecule has 0 saturated carbocycles. The average molecular weight is 188 g/mol. The van der Waals surface area contributed by atoms with Gasteiger partial charge < -0.3 is 9.84 Å². The lowest BCUT2D eigenvalue weighted by atomic mass is 10.0. The minimum Gasteiger partial charge on any atom is -0.393 e. The van der Waals surface area contributed by atoms with Crippen molar-refractivity contribution in [2.24, 2.45) is 5.92 Å². The van der Waals surface area contributed by atoms with Crippen LogP contribution in [0.4, 0.5) is 0 Å². The van der Waals surface area contributed by atoms with Crippen molar-refractivity contribution in [1.82, 2.24) is 0 Å². The molecule has 13 heavy (non-hydrogen) atoms. The Labute approximate surface area is 82.3 Å². The van der Waals surface area contributed by atoms with Gasteiger partial charge >= 0.3 is 0 Å². The van der Waals surface area contributed by atoms with Crippen LogP contribution >= 0.6 is 0 Å². The van der Waals surface area contributed by atoms with Gasteiger partial charge in [0.25, 0.3) is 0 Å². The maximum absolute atomic E-state index is 9.59. The molecule has 0 aliphatic rings. The molecule has 80 valence electrons. The van der Waals surface area contributed by atoms with E-state index in [1.807, 2.05) is 6.92 Å². The van der Waals surface area contributed by atoms with Crippen molar-refractivity contribution >= 4 is 0 Å². The zero-order valence-corrected chi connectivity index (χ0v) is 9.42. The van der Waals surface area contributed by atoms with Crippen LogP contribution in [-0.4, -0.2) is 24.4 Å². The molecular weight excluding hydrogens is 164 g/mol. The van der Waals surface area contributed by atoms with Crippen molar-refractivity contribution in [2.75, 3.05) is 7.11 Å². The molecule has 0 saturated heterocycles. The summed E-state index contributed by atoms with van der Waals surface area (Å²) in [4.78, 5) is 0. The molecule has 0 aromatic heterocycles. The molecule has 2 atom stereocenters. The Bertz CT molecular complexity index is 113. The molecule has 0 aromatic rings. The van der Waals surface area contributed by atoms with Crippen molar-refractivity contribution in [1.29, 1.82) is 0 Å². The highest BCUT2D eigenvalue weighted by Crippen LogP contribution is 2.12. The van der Waals surface area contributed by atoms with Crippen LogP contribution in [0.15, 0.2) is 0 Å². The van der Waals surface area contributed by atoms with Gasteiger partial charge in [0.05, 0.1) is 12.2 Å². The van der Waals surface area contributed by atoms with Crippen LogP contribution in [0, 0.1) is 5.92 Å². The Morgan fingerprint density at radius 3 is 2.00 bits per heavy atom. The Balaban J connectivity index is 3.34. The lowest BCUT2D eigenvalue weighted by molar-refractivity contribution is 0.0807. The number of aliphatic hydroxyl groups excluding tert-OH is 1. The van der Waals surface area contributed by atoms with Crippen LogP contribution in [0.1, 0.15) is 46.5 Å². The first-order chi connectivity index (χ1) is 6.06. The summed E-state index contributed by atoms with van der Waals surface area (Å²) in [5.74, 6) is 0.689. The Morgan fingerprint density at radius 2 is 1.54 bits per heavy atom. The van der Waals surface area contributed by atoms with Crippen molar-refractivity contribution < 1.29 is 9.84 Å². The van der Waals surface area contributed by atoms with E-state index >= 15 is 0 Å². The maximum atomic E-state index is 9.59. The second-order valence-electron chi connectivity index (χ2n) is 4.25. The highest BCUT2D eigenvalue weighted by atomic mass is 16.5. The minimum atomic E-state index is -0.139. The summed E-state index contributed by atoms with van der Waals surface area (Å²) in [5.41, 5.74) is 0. The lowest BCUT2D eigenvalue weighted by Gasteiger charge is -2.14. The zero-order chi connectivity index (χ0) is 10.3. The summed E-state index contributed by atoms with van der Waals surface area (Å²) >= 11 is 0. The molecule has 2 unspecified atom stereocenters. The number of hydrogen-bond donors (Lipinski definition) is 1. The van der Waals surface area contributed by atoms with E-state index in [0.29, 0.717) is 5.92 Å². The molecule has 0 radical (unpaired) electrons. The van der Waals surface area contributed by atoms with E-state index in [1.165, 1.54) is 0 Å². The second-order valence-corrected chi connectivity index (χ2v) is 4.25. The summed E-state index contributed by atoms with van der Waals surface area (Å²) < 4.78 is 5.12. The fraction of sp³-hybridized carbons (Fsp3) is 1.00. The third-order valence-electron chi connectivity index (χ3n) is 2.39. The smallest absolute Gasteiger partial charge is 0.0544 e. The average Bonchev–Trinajstić information content (AvgIpc) is 2.10. The predicted molar refractivity (Wildman–Crippen MR) is 55.8 cm³/mol. The molecule has 0 aliphatic heterocycles. The van der Waals surface area contributed by atoms with Crippen LogP contribution in [0.25, 0.3) is 0 Å².